The van der Waals surface area contributed by atoms with Gasteiger partial charge in [0.05, 0.1) is 14.2 Å². The standard InChI is InChI=1S/C15H14Br2O3S/c1-2-7-19-10-3-5-11(6-4-10)20-9-13(18)12-8-14(16)21-15(12)17/h3-6,8H,2,7,9H2,1H3. The van der Waals surface area contributed by atoms with Gasteiger partial charge in [-0.3, -0.25) is 4.79 Å². The summed E-state index contributed by atoms with van der Waals surface area (Å²) in [6.07, 6.45) is 0.970. The van der Waals surface area contributed by atoms with Crippen molar-refractivity contribution in [2.45, 2.75) is 13.3 Å². The van der Waals surface area contributed by atoms with E-state index in [4.69, 9.17) is 9.47 Å². The van der Waals surface area contributed by atoms with Crippen LogP contribution in [0.5, 0.6) is 11.5 Å². The third-order valence-electron chi connectivity index (χ3n) is 2.62. The average Bonchev–Trinajstić information content (AvgIpc) is 2.82. The number of hydrogen-bond acceptors (Lipinski definition) is 4. The summed E-state index contributed by atoms with van der Waals surface area (Å²) in [4.78, 5) is 12.1. The van der Waals surface area contributed by atoms with E-state index in [0.29, 0.717) is 17.9 Å². The van der Waals surface area contributed by atoms with E-state index in [0.717, 1.165) is 19.7 Å². The van der Waals surface area contributed by atoms with Crippen molar-refractivity contribution in [1.82, 2.24) is 0 Å². The molecule has 1 aromatic heterocycles. The maximum Gasteiger partial charge on any atom is 0.202 e. The predicted octanol–water partition coefficient (Wildman–Crippen LogP) is 5.32. The van der Waals surface area contributed by atoms with Crippen LogP contribution in [-0.2, 0) is 0 Å². The van der Waals surface area contributed by atoms with Crippen molar-refractivity contribution in [1.29, 1.82) is 0 Å². The van der Waals surface area contributed by atoms with Crippen LogP contribution in [0, 0.1) is 0 Å². The van der Waals surface area contributed by atoms with Crippen LogP contribution in [0.4, 0.5) is 0 Å². The molecule has 0 N–H and O–H groups in total. The number of hydrogen-bond donors (Lipinski definition) is 0. The van der Waals surface area contributed by atoms with E-state index in [9.17, 15) is 4.79 Å². The van der Waals surface area contributed by atoms with E-state index in [1.165, 1.54) is 11.3 Å². The molecule has 0 bridgehead atoms. The van der Waals surface area contributed by atoms with Crippen molar-refractivity contribution in [2.75, 3.05) is 13.2 Å². The number of thiophene rings is 1. The molecule has 0 unspecified atom stereocenters. The SMILES string of the molecule is CCCOc1ccc(OCC(=O)c2cc(Br)sc2Br)cc1. The van der Waals surface area contributed by atoms with Crippen LogP contribution >= 0.6 is 43.2 Å². The molecule has 0 saturated heterocycles. The molecule has 0 amide bonds. The summed E-state index contributed by atoms with van der Waals surface area (Å²) >= 11 is 8.20. The number of halogens is 2. The Bertz CT molecular complexity index is 608. The number of Topliss-reactive ketones (excluding diaryl/α,β-unsaturated/α-hetero) is 1. The Hall–Kier alpha value is -0.850. The van der Waals surface area contributed by atoms with E-state index in [2.05, 4.69) is 38.8 Å². The van der Waals surface area contributed by atoms with Crippen molar-refractivity contribution in [3.8, 4) is 11.5 Å². The zero-order chi connectivity index (χ0) is 15.2. The van der Waals surface area contributed by atoms with Gasteiger partial charge in [0.2, 0.25) is 5.78 Å². The molecular weight excluding hydrogens is 420 g/mol. The molecule has 1 heterocycles. The van der Waals surface area contributed by atoms with Gasteiger partial charge in [0.25, 0.3) is 0 Å². The Balaban J connectivity index is 1.90. The van der Waals surface area contributed by atoms with Gasteiger partial charge >= 0.3 is 0 Å². The van der Waals surface area contributed by atoms with Gasteiger partial charge in [-0.25, -0.2) is 0 Å². The quantitative estimate of drug-likeness (QED) is 0.554. The molecule has 0 spiro atoms. The number of ether oxygens (including phenoxy) is 2. The van der Waals surface area contributed by atoms with Gasteiger partial charge in [0, 0.05) is 5.56 Å². The molecule has 21 heavy (non-hydrogen) atoms. The Morgan fingerprint density at radius 3 is 2.29 bits per heavy atom. The molecule has 0 aliphatic carbocycles. The Morgan fingerprint density at radius 1 is 1.14 bits per heavy atom. The molecule has 0 aliphatic rings. The summed E-state index contributed by atoms with van der Waals surface area (Å²) in [7, 11) is 0. The number of rotatable bonds is 7. The van der Waals surface area contributed by atoms with Gasteiger partial charge in [-0.1, -0.05) is 6.92 Å². The molecule has 1 aromatic carbocycles. The largest absolute Gasteiger partial charge is 0.494 e. The molecule has 0 radical (unpaired) electrons. The van der Waals surface area contributed by atoms with Crippen LogP contribution in [0.3, 0.4) is 0 Å². The first-order chi connectivity index (χ1) is 10.1. The second-order valence-corrected chi connectivity index (χ2v) is 8.02. The smallest absolute Gasteiger partial charge is 0.202 e. The summed E-state index contributed by atoms with van der Waals surface area (Å²) in [5.74, 6) is 1.40. The molecule has 3 nitrogen and oxygen atoms in total. The normalized spacial score (nSPS) is 10.4. The van der Waals surface area contributed by atoms with Crippen LogP contribution in [0.25, 0.3) is 0 Å². The van der Waals surface area contributed by atoms with E-state index in [1.54, 1.807) is 18.2 Å². The van der Waals surface area contributed by atoms with Crippen molar-refractivity contribution >= 4 is 49.0 Å². The molecular formula is C15H14Br2O3S. The Morgan fingerprint density at radius 2 is 1.76 bits per heavy atom. The molecule has 2 rings (SSSR count). The molecule has 0 aliphatic heterocycles. The van der Waals surface area contributed by atoms with Gasteiger partial charge < -0.3 is 9.47 Å². The number of ketones is 1. The first-order valence-electron chi connectivity index (χ1n) is 6.44. The van der Waals surface area contributed by atoms with E-state index >= 15 is 0 Å². The zero-order valence-corrected chi connectivity index (χ0v) is 15.4. The summed E-state index contributed by atoms with van der Waals surface area (Å²) < 4.78 is 12.7. The third-order valence-corrected chi connectivity index (χ3v) is 4.96. The minimum Gasteiger partial charge on any atom is -0.494 e. The lowest BCUT2D eigenvalue weighted by Crippen LogP contribution is -2.11. The fourth-order valence-electron chi connectivity index (χ4n) is 1.61. The summed E-state index contributed by atoms with van der Waals surface area (Å²) in [6, 6.07) is 9.08. The molecule has 6 heteroatoms. The van der Waals surface area contributed by atoms with Crippen molar-refractivity contribution in [3.63, 3.8) is 0 Å². The topological polar surface area (TPSA) is 35.5 Å². The van der Waals surface area contributed by atoms with Gasteiger partial charge in [0.1, 0.15) is 11.5 Å². The first kappa shape index (κ1) is 16.5. The van der Waals surface area contributed by atoms with Crippen LogP contribution in [0.2, 0.25) is 0 Å². The predicted molar refractivity (Wildman–Crippen MR) is 91.8 cm³/mol. The summed E-state index contributed by atoms with van der Waals surface area (Å²) in [6.45, 7) is 2.76. The number of carbonyl (C=O) groups is 1. The molecule has 0 atom stereocenters. The average molecular weight is 434 g/mol. The molecule has 2 aromatic rings. The maximum atomic E-state index is 12.1. The highest BCUT2D eigenvalue weighted by molar-refractivity contribution is 9.12. The second-order valence-electron chi connectivity index (χ2n) is 4.27. The lowest BCUT2D eigenvalue weighted by molar-refractivity contribution is 0.0921. The van der Waals surface area contributed by atoms with Crippen LogP contribution in [0.15, 0.2) is 37.9 Å². The highest BCUT2D eigenvalue weighted by Gasteiger charge is 2.14. The fourth-order valence-corrected chi connectivity index (χ4v) is 4.46. The van der Waals surface area contributed by atoms with Crippen molar-refractivity contribution in [3.05, 3.63) is 43.5 Å². The Kier molecular flexibility index (Phi) is 6.26. The van der Waals surface area contributed by atoms with E-state index in [-0.39, 0.29) is 12.4 Å². The van der Waals surface area contributed by atoms with Crippen LogP contribution in [-0.4, -0.2) is 19.0 Å². The minimum atomic E-state index is -0.0601. The van der Waals surface area contributed by atoms with Crippen molar-refractivity contribution < 1.29 is 14.3 Å². The zero-order valence-electron chi connectivity index (χ0n) is 11.4. The minimum absolute atomic E-state index is 0.0109. The van der Waals surface area contributed by atoms with Crippen LogP contribution in [0.1, 0.15) is 23.7 Å². The summed E-state index contributed by atoms with van der Waals surface area (Å²) in [5, 5.41) is 0. The molecule has 0 fully saturated rings. The highest BCUT2D eigenvalue weighted by Crippen LogP contribution is 2.32. The summed E-state index contributed by atoms with van der Waals surface area (Å²) in [5.41, 5.74) is 0.634. The van der Waals surface area contributed by atoms with Gasteiger partial charge in [-0.2, -0.15) is 0 Å². The monoisotopic (exact) mass is 432 g/mol. The third kappa shape index (κ3) is 4.83. The number of benzene rings is 1. The lowest BCUT2D eigenvalue weighted by Gasteiger charge is -2.07. The highest BCUT2D eigenvalue weighted by atomic mass is 79.9. The Labute approximate surface area is 144 Å². The molecule has 0 saturated carbocycles. The van der Waals surface area contributed by atoms with Gasteiger partial charge in [-0.15, -0.1) is 11.3 Å². The van der Waals surface area contributed by atoms with E-state index < -0.39 is 0 Å². The number of carbonyl (C=O) groups excluding carboxylic acids is 1. The van der Waals surface area contributed by atoms with Crippen molar-refractivity contribution in [2.24, 2.45) is 0 Å². The maximum absolute atomic E-state index is 12.1. The van der Waals surface area contributed by atoms with Crippen LogP contribution < -0.4 is 9.47 Å². The van der Waals surface area contributed by atoms with Gasteiger partial charge in [0.15, 0.2) is 6.61 Å². The lowest BCUT2D eigenvalue weighted by atomic mass is 10.2. The molecule has 112 valence electrons. The van der Waals surface area contributed by atoms with E-state index in [1.807, 2.05) is 12.1 Å². The second kappa shape index (κ2) is 7.96. The fraction of sp³-hybridized carbons (Fsp3) is 0.267. The van der Waals surface area contributed by atoms with Gasteiger partial charge in [-0.05, 0) is 68.6 Å². The first-order valence-corrected chi connectivity index (χ1v) is 8.84.